The zero-order chi connectivity index (χ0) is 41.6. The molecule has 2 heterocycles. The standard InChI is InChI=1S/C37H50F3N5O10S/c1-9-22-19-36(22,31(48)44-56(50,51)55-35(14-10-15-35)37(38,39)40)43-28(46)26-18-24(53-29-25-12-11-23(52-8)17-21(25)13-16-41-29)20-45(26)30(47)27(33(2,3)4)42-32(49)54-34(5,6)7/h11-13,16-17,22,24,26-27H,9-10,14-15,18-20H2,1-8H3,(H,42,49)(H,43,46)(H,44,48)/t22-,24-,26+,27-,36-/m1/s1. The van der Waals surface area contributed by atoms with Crippen LogP contribution in [0, 0.1) is 11.3 Å². The molecule has 2 aromatic rings. The first-order valence-electron chi connectivity index (χ1n) is 18.4. The van der Waals surface area contributed by atoms with Crippen LogP contribution in [0.1, 0.15) is 87.0 Å². The number of alkyl halides is 3. The lowest BCUT2D eigenvalue weighted by Crippen LogP contribution is -2.61. The zero-order valence-electron chi connectivity index (χ0n) is 32.7. The van der Waals surface area contributed by atoms with Crippen molar-refractivity contribution in [3.8, 4) is 11.6 Å². The Labute approximate surface area is 324 Å². The Kier molecular flexibility index (Phi) is 11.6. The summed E-state index contributed by atoms with van der Waals surface area (Å²) in [6.07, 6.45) is -6.14. The maximum absolute atomic E-state index is 14.5. The minimum Gasteiger partial charge on any atom is -0.497 e. The molecule has 5 atom stereocenters. The molecule has 1 aromatic heterocycles. The number of rotatable bonds is 12. The zero-order valence-corrected chi connectivity index (χ0v) is 33.5. The first-order chi connectivity index (χ1) is 25.8. The molecule has 56 heavy (non-hydrogen) atoms. The molecule has 0 radical (unpaired) electrons. The maximum Gasteiger partial charge on any atom is 0.418 e. The number of halogens is 3. The summed E-state index contributed by atoms with van der Waals surface area (Å²) < 4.78 is 90.1. The Morgan fingerprint density at radius 3 is 2.27 bits per heavy atom. The highest BCUT2D eigenvalue weighted by molar-refractivity contribution is 7.85. The number of benzene rings is 1. The van der Waals surface area contributed by atoms with E-state index >= 15 is 0 Å². The summed E-state index contributed by atoms with van der Waals surface area (Å²) in [5.41, 5.74) is -6.59. The van der Waals surface area contributed by atoms with Gasteiger partial charge < -0.3 is 29.7 Å². The molecule has 0 spiro atoms. The molecule has 310 valence electrons. The number of aromatic nitrogens is 1. The smallest absolute Gasteiger partial charge is 0.418 e. The van der Waals surface area contributed by atoms with Crippen molar-refractivity contribution in [3.05, 3.63) is 30.5 Å². The van der Waals surface area contributed by atoms with Gasteiger partial charge >= 0.3 is 22.6 Å². The van der Waals surface area contributed by atoms with Crippen LogP contribution >= 0.6 is 0 Å². The fourth-order valence-corrected chi connectivity index (χ4v) is 8.21. The topological polar surface area (TPSA) is 192 Å². The van der Waals surface area contributed by atoms with Crippen LogP contribution in [0.4, 0.5) is 18.0 Å². The first kappa shape index (κ1) is 42.7. The largest absolute Gasteiger partial charge is 0.497 e. The van der Waals surface area contributed by atoms with E-state index in [2.05, 4.69) is 19.8 Å². The van der Waals surface area contributed by atoms with Gasteiger partial charge in [0.25, 0.3) is 5.91 Å². The van der Waals surface area contributed by atoms with Crippen molar-refractivity contribution in [1.29, 1.82) is 0 Å². The molecular weight excluding hydrogens is 763 g/mol. The highest BCUT2D eigenvalue weighted by Gasteiger charge is 2.65. The molecule has 2 saturated carbocycles. The molecule has 15 nitrogen and oxygen atoms in total. The van der Waals surface area contributed by atoms with Crippen molar-refractivity contribution in [2.45, 2.75) is 128 Å². The third-order valence-corrected chi connectivity index (χ3v) is 11.3. The fourth-order valence-electron chi connectivity index (χ4n) is 7.08. The lowest BCUT2D eigenvalue weighted by atomic mass is 9.80. The normalized spacial score (nSPS) is 24.1. The SMILES string of the molecule is CC[C@@H]1C[C@]1(NC(=O)[C@@H]1C[C@@H](Oc2nccc3cc(OC)ccc23)CN1C(=O)[C@@H](NC(=O)OC(C)(C)C)C(C)(C)C)C(=O)NS(=O)(=O)OC1(C(F)(F)F)CCC1. The second-order valence-electron chi connectivity index (χ2n) is 16.7. The van der Waals surface area contributed by atoms with Crippen LogP contribution in [0.15, 0.2) is 30.5 Å². The number of carbonyl (C=O) groups is 4. The fraction of sp³-hybridized carbons (Fsp3) is 0.649. The Morgan fingerprint density at radius 1 is 1.05 bits per heavy atom. The van der Waals surface area contributed by atoms with E-state index in [9.17, 15) is 40.8 Å². The van der Waals surface area contributed by atoms with E-state index in [0.29, 0.717) is 17.6 Å². The van der Waals surface area contributed by atoms with Gasteiger partial charge in [-0.15, -0.1) is 0 Å². The summed E-state index contributed by atoms with van der Waals surface area (Å²) >= 11 is 0. The van der Waals surface area contributed by atoms with Crippen molar-refractivity contribution in [2.75, 3.05) is 13.7 Å². The van der Waals surface area contributed by atoms with E-state index in [4.69, 9.17) is 14.2 Å². The molecule has 1 saturated heterocycles. The molecule has 2 aliphatic carbocycles. The van der Waals surface area contributed by atoms with Crippen LogP contribution in [0.3, 0.4) is 0 Å². The molecule has 1 aromatic carbocycles. The quantitative estimate of drug-likeness (QED) is 0.270. The van der Waals surface area contributed by atoms with Gasteiger partial charge in [0.15, 0.2) is 5.60 Å². The van der Waals surface area contributed by atoms with Gasteiger partial charge in [-0.05, 0) is 87.4 Å². The van der Waals surface area contributed by atoms with E-state index in [1.165, 1.54) is 18.2 Å². The summed E-state index contributed by atoms with van der Waals surface area (Å²) in [7, 11) is -3.75. The molecule has 5 rings (SSSR count). The Hall–Kier alpha value is -4.39. The van der Waals surface area contributed by atoms with Crippen molar-refractivity contribution < 1.29 is 59.2 Å². The minimum atomic E-state index is -5.28. The second-order valence-corrected chi connectivity index (χ2v) is 18.0. The molecule has 4 amide bonds. The number of nitrogens with zero attached hydrogens (tertiary/aromatic N) is 2. The average molecular weight is 814 g/mol. The van der Waals surface area contributed by atoms with Crippen molar-refractivity contribution in [1.82, 2.24) is 25.2 Å². The van der Waals surface area contributed by atoms with Gasteiger partial charge in [-0.2, -0.15) is 21.6 Å². The lowest BCUT2D eigenvalue weighted by Gasteiger charge is -2.41. The van der Waals surface area contributed by atoms with Crippen molar-refractivity contribution in [3.63, 3.8) is 0 Å². The number of carbonyl (C=O) groups excluding carboxylic acids is 4. The number of methoxy groups -OCH3 is 1. The van der Waals surface area contributed by atoms with Gasteiger partial charge in [-0.25, -0.2) is 18.7 Å². The van der Waals surface area contributed by atoms with Crippen LogP contribution in [0.5, 0.6) is 11.6 Å². The number of nitrogens with one attached hydrogen (secondary N) is 3. The van der Waals surface area contributed by atoms with Crippen LogP contribution in [-0.2, 0) is 33.6 Å². The second kappa shape index (κ2) is 15.2. The summed E-state index contributed by atoms with van der Waals surface area (Å²) in [4.78, 5) is 61.0. The van der Waals surface area contributed by atoms with E-state index in [0.717, 1.165) is 5.39 Å². The number of amides is 4. The maximum atomic E-state index is 14.5. The number of ether oxygens (including phenoxy) is 3. The van der Waals surface area contributed by atoms with Gasteiger partial charge in [-0.1, -0.05) is 34.1 Å². The third-order valence-electron chi connectivity index (χ3n) is 10.3. The third kappa shape index (κ3) is 9.08. The highest BCUT2D eigenvalue weighted by Crippen LogP contribution is 2.50. The number of alkyl carbamates (subject to hydrolysis) is 1. The number of pyridine rings is 1. The molecule has 0 bridgehead atoms. The lowest BCUT2D eigenvalue weighted by molar-refractivity contribution is -0.273. The average Bonchev–Trinajstić information content (AvgIpc) is 3.62. The van der Waals surface area contributed by atoms with E-state index < -0.39 is 99.4 Å². The van der Waals surface area contributed by atoms with E-state index in [1.807, 2.05) is 0 Å². The molecule has 3 N–H and O–H groups in total. The van der Waals surface area contributed by atoms with E-state index in [1.54, 1.807) is 77.5 Å². The highest BCUT2D eigenvalue weighted by atomic mass is 32.2. The van der Waals surface area contributed by atoms with Gasteiger partial charge in [0.1, 0.15) is 35.1 Å². The number of hydrogen-bond donors (Lipinski definition) is 3. The minimum absolute atomic E-state index is 0.0319. The summed E-state index contributed by atoms with van der Waals surface area (Å²) in [6, 6.07) is 4.48. The predicted molar refractivity (Wildman–Crippen MR) is 195 cm³/mol. The molecule has 3 fully saturated rings. The Bertz CT molecular complexity index is 1960. The monoisotopic (exact) mass is 813 g/mol. The molecule has 0 unspecified atom stereocenters. The van der Waals surface area contributed by atoms with Gasteiger partial charge in [-0.3, -0.25) is 14.4 Å². The van der Waals surface area contributed by atoms with Crippen LogP contribution < -0.4 is 24.8 Å². The number of hydrogen-bond acceptors (Lipinski definition) is 11. The summed E-state index contributed by atoms with van der Waals surface area (Å²) in [5.74, 6) is -2.57. The number of fused-ring (bicyclic) bond motifs is 1. The summed E-state index contributed by atoms with van der Waals surface area (Å²) in [5, 5.41) is 6.63. The number of likely N-dealkylation sites (tertiary alicyclic amines) is 1. The molecule has 1 aliphatic heterocycles. The van der Waals surface area contributed by atoms with Crippen LogP contribution in [-0.4, -0.2) is 96.9 Å². The van der Waals surface area contributed by atoms with E-state index in [-0.39, 0.29) is 31.7 Å². The Balaban J connectivity index is 1.43. The molecule has 19 heteroatoms. The van der Waals surface area contributed by atoms with Gasteiger partial charge in [0, 0.05) is 18.0 Å². The van der Waals surface area contributed by atoms with Crippen molar-refractivity contribution >= 4 is 44.9 Å². The van der Waals surface area contributed by atoms with Gasteiger partial charge in [0.2, 0.25) is 17.7 Å². The van der Waals surface area contributed by atoms with Crippen LogP contribution in [0.25, 0.3) is 10.8 Å². The Morgan fingerprint density at radius 2 is 1.73 bits per heavy atom. The van der Waals surface area contributed by atoms with Crippen LogP contribution in [0.2, 0.25) is 0 Å². The van der Waals surface area contributed by atoms with Gasteiger partial charge in [0.05, 0.1) is 13.7 Å². The van der Waals surface area contributed by atoms with Crippen molar-refractivity contribution in [2.24, 2.45) is 11.3 Å². The molecule has 3 aliphatic rings. The molecular formula is C37H50F3N5O10S. The first-order valence-corrected chi connectivity index (χ1v) is 19.8. The summed E-state index contributed by atoms with van der Waals surface area (Å²) in [6.45, 7) is 11.7. The predicted octanol–water partition coefficient (Wildman–Crippen LogP) is 4.68.